The predicted octanol–water partition coefficient (Wildman–Crippen LogP) is 1.73. The van der Waals surface area contributed by atoms with Crippen LogP contribution < -0.4 is 10.2 Å². The number of carbonyl (C=O) groups excluding carboxylic acids is 3. The van der Waals surface area contributed by atoms with Gasteiger partial charge in [0.05, 0.1) is 25.9 Å². The number of halogens is 1. The van der Waals surface area contributed by atoms with Crippen LogP contribution in [0.2, 0.25) is 0 Å². The first-order valence-electron chi connectivity index (χ1n) is 7.96. The number of benzene rings is 1. The van der Waals surface area contributed by atoms with Gasteiger partial charge in [-0.2, -0.15) is 0 Å². The molecule has 1 aromatic carbocycles. The van der Waals surface area contributed by atoms with Gasteiger partial charge in [-0.3, -0.25) is 9.69 Å². The molecule has 1 atom stereocenters. The van der Waals surface area contributed by atoms with Crippen LogP contribution in [0, 0.1) is 5.82 Å². The Morgan fingerprint density at radius 2 is 2.19 bits per heavy atom. The summed E-state index contributed by atoms with van der Waals surface area (Å²) in [5.41, 5.74) is 0.509. The van der Waals surface area contributed by atoms with Crippen molar-refractivity contribution in [1.29, 1.82) is 0 Å². The summed E-state index contributed by atoms with van der Waals surface area (Å²) in [6, 6.07) is 5.35. The van der Waals surface area contributed by atoms with Crippen molar-refractivity contribution in [3.8, 4) is 11.3 Å². The number of nitrogens with zero attached hydrogens (tertiary/aromatic N) is 2. The van der Waals surface area contributed by atoms with Gasteiger partial charge in [0.2, 0.25) is 11.7 Å². The minimum absolute atomic E-state index is 0.0972. The van der Waals surface area contributed by atoms with Crippen molar-refractivity contribution in [2.24, 2.45) is 0 Å². The molecule has 0 saturated carbocycles. The van der Waals surface area contributed by atoms with E-state index in [2.05, 4.69) is 15.2 Å². The summed E-state index contributed by atoms with van der Waals surface area (Å²) >= 11 is 0. The van der Waals surface area contributed by atoms with E-state index in [9.17, 15) is 18.8 Å². The predicted molar refractivity (Wildman–Crippen MR) is 89.5 cm³/mol. The van der Waals surface area contributed by atoms with Crippen LogP contribution in [0.15, 0.2) is 28.8 Å². The van der Waals surface area contributed by atoms with E-state index < -0.39 is 24.0 Å². The van der Waals surface area contributed by atoms with Gasteiger partial charge in [-0.1, -0.05) is 5.16 Å². The summed E-state index contributed by atoms with van der Waals surface area (Å²) in [5.74, 6) is -1.77. The molecule has 2 aromatic rings. The minimum atomic E-state index is -0.726. The summed E-state index contributed by atoms with van der Waals surface area (Å²) in [6.07, 6.45) is -1.16. The summed E-state index contributed by atoms with van der Waals surface area (Å²) in [7, 11) is 1.19. The number of aromatic nitrogens is 1. The van der Waals surface area contributed by atoms with Crippen LogP contribution in [0.5, 0.6) is 0 Å². The first-order chi connectivity index (χ1) is 12.9. The molecule has 0 bridgehead atoms. The standard InChI is InChI=1S/C17H16FN3O6/c1-9(22)19-7-11-8-21(17(24)26-11)10-3-4-12(13(18)5-10)14-6-15(27-20-14)16(23)25-2/h3-6,11H,7-8H2,1-2H3,(H,19,22)/t11-/m0/s1. The topological polar surface area (TPSA) is 111 Å². The van der Waals surface area contributed by atoms with Crippen molar-refractivity contribution in [3.63, 3.8) is 0 Å². The Morgan fingerprint density at radius 3 is 2.85 bits per heavy atom. The highest BCUT2D eigenvalue weighted by Crippen LogP contribution is 2.29. The van der Waals surface area contributed by atoms with Gasteiger partial charge in [-0.25, -0.2) is 14.0 Å². The lowest BCUT2D eigenvalue weighted by Crippen LogP contribution is -2.33. The fourth-order valence-electron chi connectivity index (χ4n) is 2.57. The Hall–Kier alpha value is -3.43. The maximum atomic E-state index is 14.5. The largest absolute Gasteiger partial charge is 0.463 e. The third-order valence-corrected chi connectivity index (χ3v) is 3.89. The van der Waals surface area contributed by atoms with Crippen molar-refractivity contribution in [1.82, 2.24) is 10.5 Å². The highest BCUT2D eigenvalue weighted by atomic mass is 19.1. The van der Waals surface area contributed by atoms with E-state index in [1.807, 2.05) is 0 Å². The van der Waals surface area contributed by atoms with Crippen LogP contribution >= 0.6 is 0 Å². The molecule has 0 spiro atoms. The molecule has 0 aliphatic carbocycles. The van der Waals surface area contributed by atoms with E-state index in [4.69, 9.17) is 9.26 Å². The zero-order valence-electron chi connectivity index (χ0n) is 14.5. The second-order valence-corrected chi connectivity index (χ2v) is 5.79. The van der Waals surface area contributed by atoms with E-state index >= 15 is 0 Å². The van der Waals surface area contributed by atoms with Crippen LogP contribution in [0.25, 0.3) is 11.3 Å². The van der Waals surface area contributed by atoms with Gasteiger partial charge < -0.3 is 19.3 Å². The number of hydrogen-bond acceptors (Lipinski definition) is 7. The monoisotopic (exact) mass is 377 g/mol. The van der Waals surface area contributed by atoms with Gasteiger partial charge in [-0.15, -0.1) is 0 Å². The molecule has 3 rings (SSSR count). The normalized spacial score (nSPS) is 16.2. The maximum absolute atomic E-state index is 14.5. The zero-order chi connectivity index (χ0) is 19.6. The van der Waals surface area contributed by atoms with Crippen molar-refractivity contribution >= 4 is 23.7 Å². The summed E-state index contributed by atoms with van der Waals surface area (Å²) in [4.78, 5) is 35.6. The summed E-state index contributed by atoms with van der Waals surface area (Å²) in [6.45, 7) is 1.71. The van der Waals surface area contributed by atoms with Crippen LogP contribution in [-0.4, -0.2) is 49.4 Å². The van der Waals surface area contributed by atoms with Gasteiger partial charge in [-0.05, 0) is 18.2 Å². The van der Waals surface area contributed by atoms with E-state index in [1.165, 1.54) is 37.1 Å². The average Bonchev–Trinajstić information content (AvgIpc) is 3.26. The Bertz CT molecular complexity index is 897. The number of cyclic esters (lactones) is 1. The van der Waals surface area contributed by atoms with Crippen LogP contribution in [0.4, 0.5) is 14.9 Å². The van der Waals surface area contributed by atoms with Crippen LogP contribution in [-0.2, 0) is 14.3 Å². The van der Waals surface area contributed by atoms with Gasteiger partial charge in [0.1, 0.15) is 17.6 Å². The number of ether oxygens (including phenoxy) is 2. The molecule has 27 heavy (non-hydrogen) atoms. The molecule has 0 unspecified atom stereocenters. The first-order valence-corrected chi connectivity index (χ1v) is 7.96. The Kier molecular flexibility index (Phi) is 5.06. The Labute approximate surface area is 153 Å². The zero-order valence-corrected chi connectivity index (χ0v) is 14.5. The van der Waals surface area contributed by atoms with E-state index in [-0.39, 0.29) is 36.0 Å². The third kappa shape index (κ3) is 3.89. The molecule has 1 saturated heterocycles. The SMILES string of the molecule is COC(=O)c1cc(-c2ccc(N3C[C@H](CNC(C)=O)OC3=O)cc2F)no1. The van der Waals surface area contributed by atoms with Crippen LogP contribution in [0.3, 0.4) is 0 Å². The van der Waals surface area contributed by atoms with Gasteiger partial charge in [0.15, 0.2) is 0 Å². The summed E-state index contributed by atoms with van der Waals surface area (Å²) in [5, 5.41) is 6.21. The molecule has 1 fully saturated rings. The number of esters is 1. The Balaban J connectivity index is 1.77. The molecule has 2 amide bonds. The second-order valence-electron chi connectivity index (χ2n) is 5.79. The third-order valence-electron chi connectivity index (χ3n) is 3.89. The molecule has 1 aliphatic heterocycles. The highest BCUT2D eigenvalue weighted by molar-refractivity contribution is 5.90. The van der Waals surface area contributed by atoms with Crippen molar-refractivity contribution < 1.29 is 32.8 Å². The minimum Gasteiger partial charge on any atom is -0.463 e. The average molecular weight is 377 g/mol. The lowest BCUT2D eigenvalue weighted by atomic mass is 10.1. The molecule has 1 aromatic heterocycles. The van der Waals surface area contributed by atoms with E-state index in [1.54, 1.807) is 0 Å². The number of hydrogen-bond donors (Lipinski definition) is 1. The molecular weight excluding hydrogens is 361 g/mol. The van der Waals surface area contributed by atoms with E-state index in [0.29, 0.717) is 5.69 Å². The smallest absolute Gasteiger partial charge is 0.414 e. The number of rotatable bonds is 5. The molecule has 1 N–H and O–H groups in total. The Morgan fingerprint density at radius 1 is 1.41 bits per heavy atom. The van der Waals surface area contributed by atoms with E-state index in [0.717, 1.165) is 6.07 Å². The first kappa shape index (κ1) is 18.4. The lowest BCUT2D eigenvalue weighted by Gasteiger charge is -2.14. The van der Waals surface area contributed by atoms with Crippen molar-refractivity contribution in [3.05, 3.63) is 35.8 Å². The molecular formula is C17H16FN3O6. The number of nitrogens with one attached hydrogen (secondary N) is 1. The van der Waals surface area contributed by atoms with Crippen LogP contribution in [0.1, 0.15) is 17.5 Å². The maximum Gasteiger partial charge on any atom is 0.414 e. The molecule has 142 valence electrons. The fraction of sp³-hybridized carbons (Fsp3) is 0.294. The summed E-state index contributed by atoms with van der Waals surface area (Å²) < 4.78 is 29.0. The molecule has 2 heterocycles. The quantitative estimate of drug-likeness (QED) is 0.790. The molecule has 1 aliphatic rings. The number of anilines is 1. The molecule has 10 heteroatoms. The fourth-order valence-corrected chi connectivity index (χ4v) is 2.57. The van der Waals surface area contributed by atoms with Crippen molar-refractivity contribution in [2.75, 3.05) is 25.1 Å². The number of amides is 2. The van der Waals surface area contributed by atoms with Gasteiger partial charge >= 0.3 is 12.1 Å². The van der Waals surface area contributed by atoms with Gasteiger partial charge in [0.25, 0.3) is 0 Å². The highest BCUT2D eigenvalue weighted by Gasteiger charge is 2.32. The second kappa shape index (κ2) is 7.44. The molecule has 9 nitrogen and oxygen atoms in total. The number of carbonyl (C=O) groups is 3. The lowest BCUT2D eigenvalue weighted by molar-refractivity contribution is -0.119. The molecule has 0 radical (unpaired) electrons. The number of methoxy groups -OCH3 is 1. The van der Waals surface area contributed by atoms with Gasteiger partial charge in [0, 0.05) is 18.6 Å². The van der Waals surface area contributed by atoms with Crippen molar-refractivity contribution in [2.45, 2.75) is 13.0 Å².